The standard InChI is InChI=1S/C13H22N2O2.ClH/c16-13(12-8-17-4-3-14-12)15-7-11-6-9-1-2-10(11)5-9;/h9-12,14H,1-8H2,(H,15,16);1H. The van der Waals surface area contributed by atoms with Crippen molar-refractivity contribution in [3.8, 4) is 0 Å². The lowest BCUT2D eigenvalue weighted by molar-refractivity contribution is -0.126. The summed E-state index contributed by atoms with van der Waals surface area (Å²) in [4.78, 5) is 11.9. The molecule has 5 heteroatoms. The molecule has 0 radical (unpaired) electrons. The fourth-order valence-corrected chi connectivity index (χ4v) is 3.72. The van der Waals surface area contributed by atoms with Crippen molar-refractivity contribution in [1.82, 2.24) is 10.6 Å². The molecule has 1 amide bonds. The number of morpholine rings is 1. The molecule has 0 aromatic heterocycles. The smallest absolute Gasteiger partial charge is 0.239 e. The first-order chi connectivity index (χ1) is 8.33. The van der Waals surface area contributed by atoms with Gasteiger partial charge in [0.2, 0.25) is 5.91 Å². The van der Waals surface area contributed by atoms with Crippen LogP contribution in [0, 0.1) is 17.8 Å². The molecule has 2 bridgehead atoms. The van der Waals surface area contributed by atoms with Crippen molar-refractivity contribution in [2.45, 2.75) is 31.7 Å². The van der Waals surface area contributed by atoms with Gasteiger partial charge < -0.3 is 15.4 Å². The predicted molar refractivity (Wildman–Crippen MR) is 71.8 cm³/mol. The fourth-order valence-electron chi connectivity index (χ4n) is 3.72. The molecule has 0 spiro atoms. The number of hydrogen-bond acceptors (Lipinski definition) is 3. The minimum atomic E-state index is -0.137. The quantitative estimate of drug-likeness (QED) is 0.806. The van der Waals surface area contributed by atoms with E-state index in [2.05, 4.69) is 10.6 Å². The van der Waals surface area contributed by atoms with Crippen molar-refractivity contribution in [2.75, 3.05) is 26.3 Å². The number of rotatable bonds is 3. The average Bonchev–Trinajstić information content (AvgIpc) is 2.99. The van der Waals surface area contributed by atoms with E-state index in [4.69, 9.17) is 4.74 Å². The Labute approximate surface area is 115 Å². The highest BCUT2D eigenvalue weighted by Gasteiger charge is 2.39. The molecule has 1 aliphatic heterocycles. The Morgan fingerprint density at radius 2 is 2.22 bits per heavy atom. The van der Waals surface area contributed by atoms with Crippen LogP contribution < -0.4 is 10.6 Å². The molecule has 3 fully saturated rings. The lowest BCUT2D eigenvalue weighted by Crippen LogP contribution is -2.52. The van der Waals surface area contributed by atoms with E-state index in [1.165, 1.54) is 25.7 Å². The van der Waals surface area contributed by atoms with Crippen molar-refractivity contribution in [2.24, 2.45) is 17.8 Å². The van der Waals surface area contributed by atoms with E-state index in [1.807, 2.05) is 0 Å². The Hall–Kier alpha value is -0.320. The second-order valence-corrected chi connectivity index (χ2v) is 5.76. The number of ether oxygens (including phenoxy) is 1. The molecule has 1 saturated heterocycles. The summed E-state index contributed by atoms with van der Waals surface area (Å²) < 4.78 is 5.30. The van der Waals surface area contributed by atoms with Crippen molar-refractivity contribution in [1.29, 1.82) is 0 Å². The third kappa shape index (κ3) is 2.98. The van der Waals surface area contributed by atoms with Gasteiger partial charge >= 0.3 is 0 Å². The Morgan fingerprint density at radius 1 is 1.33 bits per heavy atom. The summed E-state index contributed by atoms with van der Waals surface area (Å²) in [6.07, 6.45) is 5.55. The molecule has 3 rings (SSSR count). The van der Waals surface area contributed by atoms with Crippen LogP contribution in [0.25, 0.3) is 0 Å². The van der Waals surface area contributed by atoms with Gasteiger partial charge in [0.15, 0.2) is 0 Å². The lowest BCUT2D eigenvalue weighted by Gasteiger charge is -2.26. The molecule has 2 aliphatic carbocycles. The SMILES string of the molecule is Cl.O=C(NCC1CC2CCC1C2)C1COCCN1. The van der Waals surface area contributed by atoms with E-state index in [0.29, 0.717) is 6.61 Å². The van der Waals surface area contributed by atoms with Crippen LogP contribution in [0.2, 0.25) is 0 Å². The van der Waals surface area contributed by atoms with Gasteiger partial charge in [0, 0.05) is 13.1 Å². The lowest BCUT2D eigenvalue weighted by atomic mass is 9.89. The third-order valence-electron chi connectivity index (χ3n) is 4.66. The minimum absolute atomic E-state index is 0. The van der Waals surface area contributed by atoms with Crippen LogP contribution in [0.1, 0.15) is 25.7 Å². The van der Waals surface area contributed by atoms with Crippen LogP contribution in [-0.2, 0) is 9.53 Å². The molecular formula is C13H23ClN2O2. The third-order valence-corrected chi connectivity index (χ3v) is 4.66. The number of carbonyl (C=O) groups is 1. The van der Waals surface area contributed by atoms with E-state index < -0.39 is 0 Å². The van der Waals surface area contributed by atoms with Gasteiger partial charge in [-0.1, -0.05) is 6.42 Å². The molecule has 18 heavy (non-hydrogen) atoms. The number of carbonyl (C=O) groups excluding carboxylic acids is 1. The molecule has 2 saturated carbocycles. The maximum Gasteiger partial charge on any atom is 0.239 e. The van der Waals surface area contributed by atoms with Crippen molar-refractivity contribution >= 4 is 18.3 Å². The molecule has 4 unspecified atom stereocenters. The normalized spacial score (nSPS) is 38.2. The van der Waals surface area contributed by atoms with Crippen LogP contribution in [0.5, 0.6) is 0 Å². The fraction of sp³-hybridized carbons (Fsp3) is 0.923. The van der Waals surface area contributed by atoms with Crippen LogP contribution in [-0.4, -0.2) is 38.3 Å². The minimum Gasteiger partial charge on any atom is -0.378 e. The van der Waals surface area contributed by atoms with Gasteiger partial charge in [-0.05, 0) is 37.0 Å². The first kappa shape index (κ1) is 14.1. The van der Waals surface area contributed by atoms with Gasteiger partial charge in [0.05, 0.1) is 13.2 Å². The zero-order valence-corrected chi connectivity index (χ0v) is 11.5. The van der Waals surface area contributed by atoms with Crippen LogP contribution in [0.15, 0.2) is 0 Å². The summed E-state index contributed by atoms with van der Waals surface area (Å²) in [6, 6.07) is -0.137. The molecule has 2 N–H and O–H groups in total. The predicted octanol–water partition coefficient (Wildman–Crippen LogP) is 0.949. The second-order valence-electron chi connectivity index (χ2n) is 5.76. The number of fused-ring (bicyclic) bond motifs is 2. The maximum atomic E-state index is 11.9. The van der Waals surface area contributed by atoms with E-state index in [9.17, 15) is 4.79 Å². The van der Waals surface area contributed by atoms with E-state index in [1.54, 1.807) is 0 Å². The number of halogens is 1. The number of amides is 1. The maximum absolute atomic E-state index is 11.9. The molecule has 0 aromatic rings. The van der Waals surface area contributed by atoms with Gasteiger partial charge in [-0.2, -0.15) is 0 Å². The van der Waals surface area contributed by atoms with E-state index >= 15 is 0 Å². The number of nitrogens with one attached hydrogen (secondary N) is 2. The Morgan fingerprint density at radius 3 is 2.83 bits per heavy atom. The number of hydrogen-bond donors (Lipinski definition) is 2. The van der Waals surface area contributed by atoms with Gasteiger partial charge in [-0.25, -0.2) is 0 Å². The first-order valence-corrected chi connectivity index (χ1v) is 6.92. The molecule has 4 nitrogen and oxygen atoms in total. The van der Waals surface area contributed by atoms with Gasteiger partial charge in [0.1, 0.15) is 6.04 Å². The van der Waals surface area contributed by atoms with Crippen molar-refractivity contribution in [3.63, 3.8) is 0 Å². The Balaban J connectivity index is 0.00000120. The van der Waals surface area contributed by atoms with Gasteiger partial charge in [0.25, 0.3) is 0 Å². The zero-order chi connectivity index (χ0) is 11.7. The molecule has 0 aromatic carbocycles. The largest absolute Gasteiger partial charge is 0.378 e. The van der Waals surface area contributed by atoms with E-state index in [0.717, 1.165) is 37.5 Å². The summed E-state index contributed by atoms with van der Waals surface area (Å²) >= 11 is 0. The van der Waals surface area contributed by atoms with Crippen LogP contribution >= 0.6 is 12.4 Å². The Bertz CT molecular complexity index is 295. The monoisotopic (exact) mass is 274 g/mol. The highest BCUT2D eigenvalue weighted by Crippen LogP contribution is 2.47. The molecule has 104 valence electrons. The summed E-state index contributed by atoms with van der Waals surface area (Å²) in [7, 11) is 0. The summed E-state index contributed by atoms with van der Waals surface area (Å²) in [5.41, 5.74) is 0. The first-order valence-electron chi connectivity index (χ1n) is 6.92. The molecule has 3 aliphatic rings. The highest BCUT2D eigenvalue weighted by atomic mass is 35.5. The van der Waals surface area contributed by atoms with Crippen LogP contribution in [0.3, 0.4) is 0 Å². The van der Waals surface area contributed by atoms with Crippen molar-refractivity contribution in [3.05, 3.63) is 0 Å². The highest BCUT2D eigenvalue weighted by molar-refractivity contribution is 5.85. The second kappa shape index (κ2) is 6.22. The summed E-state index contributed by atoms with van der Waals surface area (Å²) in [5, 5.41) is 6.29. The Kier molecular flexibility index (Phi) is 4.87. The van der Waals surface area contributed by atoms with E-state index in [-0.39, 0.29) is 24.4 Å². The topological polar surface area (TPSA) is 50.4 Å². The summed E-state index contributed by atoms with van der Waals surface area (Å²) in [5.74, 6) is 2.70. The van der Waals surface area contributed by atoms with Gasteiger partial charge in [-0.15, -0.1) is 12.4 Å². The molecule has 1 heterocycles. The average molecular weight is 275 g/mol. The zero-order valence-electron chi connectivity index (χ0n) is 10.7. The van der Waals surface area contributed by atoms with Gasteiger partial charge in [-0.3, -0.25) is 4.79 Å². The molecule has 4 atom stereocenters. The van der Waals surface area contributed by atoms with Crippen LogP contribution in [0.4, 0.5) is 0 Å². The summed E-state index contributed by atoms with van der Waals surface area (Å²) in [6.45, 7) is 2.89. The van der Waals surface area contributed by atoms with Crippen molar-refractivity contribution < 1.29 is 9.53 Å². The molecular weight excluding hydrogens is 252 g/mol.